The first kappa shape index (κ1) is 21.0. The van der Waals surface area contributed by atoms with Crippen LogP contribution in [0.25, 0.3) is 0 Å². The summed E-state index contributed by atoms with van der Waals surface area (Å²) >= 11 is 0. The standard InChI is InChI=1S/C21H21F2N5O2S/c1-12(16-11-28(3)26-13(16)2)19-17(23)7-8-18-20(19)25-21(27-31(18,29)30)24-10-14-5-4-6-15(22)9-14/h4-9,11-12H,10H2,1-3H3,(H2,24,25,27). The summed E-state index contributed by atoms with van der Waals surface area (Å²) in [5.41, 5.74) is 2.41. The highest BCUT2D eigenvalue weighted by Gasteiger charge is 2.32. The molecule has 7 nitrogen and oxygen atoms in total. The van der Waals surface area contributed by atoms with E-state index in [2.05, 4.69) is 20.1 Å². The normalized spacial score (nSPS) is 17.0. The van der Waals surface area contributed by atoms with Gasteiger partial charge < -0.3 is 5.32 Å². The summed E-state index contributed by atoms with van der Waals surface area (Å²) in [4.78, 5) is 4.16. The van der Waals surface area contributed by atoms with Crippen molar-refractivity contribution in [1.29, 1.82) is 0 Å². The summed E-state index contributed by atoms with van der Waals surface area (Å²) in [6, 6.07) is 8.21. The molecule has 10 heteroatoms. The molecule has 0 radical (unpaired) electrons. The summed E-state index contributed by atoms with van der Waals surface area (Å²) in [6.07, 6.45) is 1.79. The molecule has 3 aromatic rings. The fourth-order valence-electron chi connectivity index (χ4n) is 3.75. The molecule has 2 aromatic carbocycles. The summed E-state index contributed by atoms with van der Waals surface area (Å²) in [7, 11) is -2.20. The van der Waals surface area contributed by atoms with Crippen molar-refractivity contribution in [3.63, 3.8) is 0 Å². The van der Waals surface area contributed by atoms with Gasteiger partial charge in [0, 0.05) is 30.3 Å². The number of fused-ring (bicyclic) bond motifs is 1. The summed E-state index contributed by atoms with van der Waals surface area (Å²) < 4.78 is 58.0. The van der Waals surface area contributed by atoms with Gasteiger partial charge in [-0.25, -0.2) is 26.9 Å². The molecule has 1 aliphatic rings. The summed E-state index contributed by atoms with van der Waals surface area (Å²) in [5, 5.41) is 7.22. The van der Waals surface area contributed by atoms with Crippen molar-refractivity contribution < 1.29 is 17.2 Å². The average Bonchev–Trinajstić information content (AvgIpc) is 3.03. The third-order valence-corrected chi connectivity index (χ3v) is 6.56. The maximum atomic E-state index is 15.0. The SMILES string of the molecule is Cc1nn(C)cc1C(C)c1c(F)ccc2c1NC(=NCc1cccc(F)c1)NS2(=O)=O. The summed E-state index contributed by atoms with van der Waals surface area (Å²) in [6.45, 7) is 3.65. The van der Waals surface area contributed by atoms with Crippen LogP contribution in [0, 0.1) is 18.6 Å². The largest absolute Gasteiger partial charge is 0.324 e. The summed E-state index contributed by atoms with van der Waals surface area (Å²) in [5.74, 6) is -1.47. The highest BCUT2D eigenvalue weighted by molar-refractivity contribution is 7.90. The lowest BCUT2D eigenvalue weighted by molar-refractivity contribution is 0.586. The molecule has 0 amide bonds. The van der Waals surface area contributed by atoms with Gasteiger partial charge in [0.15, 0.2) is 0 Å². The molecule has 1 atom stereocenters. The number of nitrogens with zero attached hydrogens (tertiary/aromatic N) is 3. The smallest absolute Gasteiger partial charge is 0.266 e. The Kier molecular flexibility index (Phi) is 5.26. The number of aromatic nitrogens is 2. The lowest BCUT2D eigenvalue weighted by Gasteiger charge is -2.26. The van der Waals surface area contributed by atoms with E-state index >= 15 is 0 Å². The van der Waals surface area contributed by atoms with Crippen molar-refractivity contribution in [2.45, 2.75) is 31.2 Å². The zero-order valence-electron chi connectivity index (χ0n) is 17.1. The highest BCUT2D eigenvalue weighted by atomic mass is 32.2. The Balaban J connectivity index is 1.77. The van der Waals surface area contributed by atoms with E-state index in [1.54, 1.807) is 37.0 Å². The molecule has 2 heterocycles. The van der Waals surface area contributed by atoms with Gasteiger partial charge in [0.05, 0.1) is 17.9 Å². The van der Waals surface area contributed by atoms with Crippen molar-refractivity contribution in [2.75, 3.05) is 5.32 Å². The van der Waals surface area contributed by atoms with Crippen LogP contribution in [-0.2, 0) is 23.6 Å². The van der Waals surface area contributed by atoms with Crippen LogP contribution in [0.1, 0.15) is 35.2 Å². The molecule has 0 spiro atoms. The quantitative estimate of drug-likeness (QED) is 0.644. The average molecular weight is 445 g/mol. The molecular weight excluding hydrogens is 424 g/mol. The molecule has 1 aliphatic heterocycles. The van der Waals surface area contributed by atoms with Gasteiger partial charge in [-0.1, -0.05) is 19.1 Å². The van der Waals surface area contributed by atoms with E-state index in [-0.39, 0.29) is 28.7 Å². The van der Waals surface area contributed by atoms with Gasteiger partial charge in [-0.05, 0) is 36.8 Å². The first-order chi connectivity index (χ1) is 14.7. The van der Waals surface area contributed by atoms with E-state index in [4.69, 9.17) is 0 Å². The van der Waals surface area contributed by atoms with E-state index < -0.39 is 27.6 Å². The molecule has 4 rings (SSSR count). The van der Waals surface area contributed by atoms with Gasteiger partial charge in [0.2, 0.25) is 5.96 Å². The molecule has 1 unspecified atom stereocenters. The second-order valence-corrected chi connectivity index (χ2v) is 9.08. The van der Waals surface area contributed by atoms with Crippen LogP contribution in [0.3, 0.4) is 0 Å². The van der Waals surface area contributed by atoms with Gasteiger partial charge in [0.25, 0.3) is 10.0 Å². The second kappa shape index (κ2) is 7.77. The van der Waals surface area contributed by atoms with Gasteiger partial charge in [-0.15, -0.1) is 0 Å². The van der Waals surface area contributed by atoms with Crippen LogP contribution in [0.5, 0.6) is 0 Å². The van der Waals surface area contributed by atoms with Crippen molar-refractivity contribution in [2.24, 2.45) is 12.0 Å². The predicted octanol–water partition coefficient (Wildman–Crippen LogP) is 3.42. The molecule has 0 fully saturated rings. The first-order valence-electron chi connectivity index (χ1n) is 9.57. The third-order valence-electron chi connectivity index (χ3n) is 5.18. The van der Waals surface area contributed by atoms with E-state index in [0.29, 0.717) is 5.56 Å². The van der Waals surface area contributed by atoms with Crippen LogP contribution in [0.15, 0.2) is 52.5 Å². The number of nitrogens with one attached hydrogen (secondary N) is 2. The number of rotatable bonds is 4. The number of benzene rings is 2. The van der Waals surface area contributed by atoms with Crippen LogP contribution in [0.2, 0.25) is 0 Å². The zero-order valence-corrected chi connectivity index (χ0v) is 18.0. The maximum Gasteiger partial charge on any atom is 0.266 e. The maximum absolute atomic E-state index is 15.0. The van der Waals surface area contributed by atoms with Gasteiger partial charge in [-0.2, -0.15) is 5.10 Å². The molecule has 162 valence electrons. The second-order valence-electron chi connectivity index (χ2n) is 7.42. The lowest BCUT2D eigenvalue weighted by Crippen LogP contribution is -2.41. The van der Waals surface area contributed by atoms with Crippen LogP contribution in [-0.4, -0.2) is 24.2 Å². The van der Waals surface area contributed by atoms with Gasteiger partial charge >= 0.3 is 0 Å². The van der Waals surface area contributed by atoms with E-state index in [9.17, 15) is 17.2 Å². The number of hydrogen-bond donors (Lipinski definition) is 2. The molecular formula is C21H21F2N5O2S. The van der Waals surface area contributed by atoms with Crippen molar-refractivity contribution in [1.82, 2.24) is 14.5 Å². The minimum Gasteiger partial charge on any atom is -0.324 e. The monoisotopic (exact) mass is 445 g/mol. The van der Waals surface area contributed by atoms with Crippen LogP contribution < -0.4 is 10.0 Å². The fraction of sp³-hybridized carbons (Fsp3) is 0.238. The van der Waals surface area contributed by atoms with Crippen molar-refractivity contribution in [3.05, 3.63) is 76.6 Å². The number of anilines is 1. The number of aryl methyl sites for hydroxylation is 2. The predicted molar refractivity (Wildman–Crippen MR) is 113 cm³/mol. The minimum atomic E-state index is -3.97. The Morgan fingerprint density at radius 3 is 2.68 bits per heavy atom. The topological polar surface area (TPSA) is 88.4 Å². The van der Waals surface area contributed by atoms with Gasteiger partial charge in [0.1, 0.15) is 16.5 Å². The molecule has 1 aromatic heterocycles. The van der Waals surface area contributed by atoms with Crippen LogP contribution in [0.4, 0.5) is 14.5 Å². The highest BCUT2D eigenvalue weighted by Crippen LogP contribution is 2.38. The Bertz CT molecular complexity index is 1300. The number of guanidine groups is 1. The Morgan fingerprint density at radius 1 is 1.23 bits per heavy atom. The molecule has 0 aliphatic carbocycles. The minimum absolute atomic E-state index is 0.0415. The number of halogens is 2. The van der Waals surface area contributed by atoms with Gasteiger partial charge in [-0.3, -0.25) is 4.68 Å². The molecule has 31 heavy (non-hydrogen) atoms. The number of aliphatic imine (C=N–C) groups is 1. The number of hydrogen-bond acceptors (Lipinski definition) is 4. The first-order valence-corrected chi connectivity index (χ1v) is 11.1. The Labute approximate surface area is 178 Å². The Hall–Kier alpha value is -3.27. The molecule has 0 saturated carbocycles. The Morgan fingerprint density at radius 2 is 2.00 bits per heavy atom. The lowest BCUT2D eigenvalue weighted by atomic mass is 9.91. The fourth-order valence-corrected chi connectivity index (χ4v) is 4.91. The van der Waals surface area contributed by atoms with E-state index in [0.717, 1.165) is 17.3 Å². The molecule has 0 bridgehead atoms. The van der Waals surface area contributed by atoms with Crippen molar-refractivity contribution >= 4 is 21.7 Å². The molecule has 2 N–H and O–H groups in total. The third kappa shape index (κ3) is 4.02. The van der Waals surface area contributed by atoms with Crippen molar-refractivity contribution in [3.8, 4) is 0 Å². The van der Waals surface area contributed by atoms with E-state index in [1.807, 2.05) is 6.92 Å². The van der Waals surface area contributed by atoms with Crippen LogP contribution >= 0.6 is 0 Å². The zero-order chi connectivity index (χ0) is 22.3. The van der Waals surface area contributed by atoms with E-state index in [1.165, 1.54) is 18.2 Å². The molecule has 0 saturated heterocycles. The number of sulfonamides is 1.